The van der Waals surface area contributed by atoms with E-state index in [4.69, 9.17) is 4.74 Å². The average molecular weight is 1250 g/mol. The number of nitrogens with zero attached hydrogens (tertiary/aromatic N) is 5. The van der Waals surface area contributed by atoms with Crippen molar-refractivity contribution >= 4 is 132 Å². The standard InChI is InChI=1S/C88H81B2N5O/c1-85(2,3)63-40-22-28-46-71(63)94(72-47-29-23-41-64(72)86(4,5)6)61-52-78-83-79(53-61)93(60-38-20-15-21-39-60)77-57-81-70(56-69(77)89(83)67-44-26-32-50-75(67)91(78)58-34-16-13-17-35-58)90-68-45-27-33-51-76(68)92(59-36-18-14-19-37-59)80-54-62(55-82(96-81)84(80)90)95(73-48-30-24-42-65(73)87(7,8)9)74-49-31-25-43-66(74)88(10,11)12/h13-57H,1-12H3. The zero-order chi connectivity index (χ0) is 66.2. The summed E-state index contributed by atoms with van der Waals surface area (Å²) >= 11 is 0. The van der Waals surface area contributed by atoms with Crippen molar-refractivity contribution in [2.75, 3.05) is 24.5 Å². The third-order valence-electron chi connectivity index (χ3n) is 20.1. The maximum Gasteiger partial charge on any atom is 0.256 e. The molecular weight excluding hydrogens is 1160 g/mol. The quantitative estimate of drug-likeness (QED) is 0.134. The Balaban J connectivity index is 1.00. The van der Waals surface area contributed by atoms with Crippen LogP contribution < -0.4 is 62.0 Å². The summed E-state index contributed by atoms with van der Waals surface area (Å²) in [6.45, 7) is 27.6. The number of ether oxygens (including phenoxy) is 1. The predicted molar refractivity (Wildman–Crippen MR) is 410 cm³/mol. The summed E-state index contributed by atoms with van der Waals surface area (Å²) in [5.74, 6) is 1.67. The molecule has 6 nitrogen and oxygen atoms in total. The second kappa shape index (κ2) is 22.6. The van der Waals surface area contributed by atoms with Crippen LogP contribution in [0.5, 0.6) is 11.5 Å². The van der Waals surface area contributed by atoms with Crippen molar-refractivity contribution in [1.82, 2.24) is 0 Å². The summed E-state index contributed by atoms with van der Waals surface area (Å²) in [6.07, 6.45) is 0. The van der Waals surface area contributed by atoms with Crippen LogP contribution in [-0.2, 0) is 21.7 Å². The highest BCUT2D eigenvalue weighted by Crippen LogP contribution is 2.54. The van der Waals surface area contributed by atoms with Gasteiger partial charge in [0.2, 0.25) is 0 Å². The summed E-state index contributed by atoms with van der Waals surface area (Å²) in [7, 11) is 0. The summed E-state index contributed by atoms with van der Waals surface area (Å²) in [5, 5.41) is 0. The molecule has 16 rings (SSSR count). The van der Waals surface area contributed by atoms with Crippen molar-refractivity contribution in [2.45, 2.75) is 105 Å². The van der Waals surface area contributed by atoms with Gasteiger partial charge in [-0.3, -0.25) is 0 Å². The Morgan fingerprint density at radius 1 is 0.260 bits per heavy atom. The van der Waals surface area contributed by atoms with E-state index < -0.39 is 0 Å². The number of hydrogen-bond donors (Lipinski definition) is 0. The first-order valence-electron chi connectivity index (χ1n) is 34.2. The van der Waals surface area contributed by atoms with Crippen molar-refractivity contribution < 1.29 is 4.74 Å². The molecule has 470 valence electrons. The average Bonchev–Trinajstić information content (AvgIpc) is 0.691. The Morgan fingerprint density at radius 3 is 0.958 bits per heavy atom. The number of para-hydroxylation sites is 9. The maximum absolute atomic E-state index is 7.94. The third kappa shape index (κ3) is 9.93. The van der Waals surface area contributed by atoms with Crippen LogP contribution in [0.4, 0.5) is 85.3 Å². The Morgan fingerprint density at radius 2 is 0.573 bits per heavy atom. The van der Waals surface area contributed by atoms with Gasteiger partial charge >= 0.3 is 0 Å². The largest absolute Gasteiger partial charge is 0.458 e. The van der Waals surface area contributed by atoms with Crippen LogP contribution in [0.1, 0.15) is 105 Å². The van der Waals surface area contributed by atoms with Crippen LogP contribution in [0.2, 0.25) is 0 Å². The lowest BCUT2D eigenvalue weighted by Gasteiger charge is -2.46. The molecule has 4 aliphatic heterocycles. The Kier molecular flexibility index (Phi) is 14.3. The van der Waals surface area contributed by atoms with Crippen LogP contribution in [0, 0.1) is 0 Å². The number of hydrogen-bond acceptors (Lipinski definition) is 6. The molecule has 0 spiro atoms. The fourth-order valence-electron chi connectivity index (χ4n) is 16.0. The van der Waals surface area contributed by atoms with Crippen molar-refractivity contribution in [2.24, 2.45) is 0 Å². The normalized spacial score (nSPS) is 13.6. The summed E-state index contributed by atoms with van der Waals surface area (Å²) in [5.41, 5.74) is 28.1. The van der Waals surface area contributed by atoms with Gasteiger partial charge in [-0.05, 0) is 168 Å². The molecule has 0 amide bonds. The van der Waals surface area contributed by atoms with Crippen LogP contribution >= 0.6 is 0 Å². The second-order valence-electron chi connectivity index (χ2n) is 30.6. The molecule has 0 aromatic heterocycles. The highest BCUT2D eigenvalue weighted by atomic mass is 16.5. The van der Waals surface area contributed by atoms with Gasteiger partial charge in [-0.15, -0.1) is 0 Å². The number of fused-ring (bicyclic) bond motifs is 8. The highest BCUT2D eigenvalue weighted by Gasteiger charge is 2.49. The van der Waals surface area contributed by atoms with Gasteiger partial charge in [0.1, 0.15) is 11.5 Å². The molecule has 0 saturated carbocycles. The van der Waals surface area contributed by atoms with E-state index in [2.05, 4.69) is 381 Å². The maximum atomic E-state index is 7.94. The first-order chi connectivity index (χ1) is 46.2. The fraction of sp³-hybridized carbons (Fsp3) is 0.182. The lowest BCUT2D eigenvalue weighted by molar-refractivity contribution is 0.488. The molecular formula is C88H81B2N5O. The van der Waals surface area contributed by atoms with Gasteiger partial charge in [0, 0.05) is 86.1 Å². The smallest absolute Gasteiger partial charge is 0.256 e. The number of rotatable bonds is 9. The lowest BCUT2D eigenvalue weighted by atomic mass is 9.30. The molecule has 0 radical (unpaired) electrons. The van der Waals surface area contributed by atoms with Crippen molar-refractivity contribution in [3.63, 3.8) is 0 Å². The zero-order valence-corrected chi connectivity index (χ0v) is 57.3. The molecule has 0 unspecified atom stereocenters. The van der Waals surface area contributed by atoms with Gasteiger partial charge in [0.05, 0.1) is 11.4 Å². The van der Waals surface area contributed by atoms with E-state index in [-0.39, 0.29) is 35.1 Å². The van der Waals surface area contributed by atoms with E-state index in [1.165, 1.54) is 44.1 Å². The molecule has 0 aliphatic carbocycles. The van der Waals surface area contributed by atoms with Crippen molar-refractivity contribution in [3.05, 3.63) is 295 Å². The van der Waals surface area contributed by atoms with Gasteiger partial charge in [-0.1, -0.05) is 253 Å². The van der Waals surface area contributed by atoms with E-state index in [1.807, 2.05) is 0 Å². The number of benzene rings is 12. The molecule has 12 aromatic carbocycles. The lowest BCUT2D eigenvalue weighted by Crippen LogP contribution is -2.64. The molecule has 0 bridgehead atoms. The molecule has 0 fully saturated rings. The van der Waals surface area contributed by atoms with E-state index in [1.54, 1.807) is 0 Å². The van der Waals surface area contributed by atoms with Crippen LogP contribution in [0.15, 0.2) is 273 Å². The molecule has 0 atom stereocenters. The highest BCUT2D eigenvalue weighted by molar-refractivity contribution is 7.02. The zero-order valence-electron chi connectivity index (χ0n) is 57.3. The predicted octanol–water partition coefficient (Wildman–Crippen LogP) is 20.3. The van der Waals surface area contributed by atoms with E-state index >= 15 is 0 Å². The van der Waals surface area contributed by atoms with Gasteiger partial charge in [-0.25, -0.2) is 0 Å². The summed E-state index contributed by atoms with van der Waals surface area (Å²) in [6, 6.07) is 102. The monoisotopic (exact) mass is 1250 g/mol. The Labute approximate surface area is 568 Å². The SMILES string of the molecule is CC(C)(C)c1ccccc1N(c1cc2c3c(c1)N(c1ccccc1)c1ccccc1B3c1cc3c(cc1O2)N(c1ccccc1)c1cc(N(c2ccccc2C(C)(C)C)c2ccccc2C(C)(C)C)cc2c1B3c1ccccc1N2c1ccccc1)c1ccccc1C(C)(C)C. The minimum absolute atomic E-state index is 0.181. The molecule has 0 saturated heterocycles. The van der Waals surface area contributed by atoms with Crippen molar-refractivity contribution in [3.8, 4) is 11.5 Å². The molecule has 8 heteroatoms. The fourth-order valence-corrected chi connectivity index (χ4v) is 16.0. The Hall–Kier alpha value is -10.4. The minimum atomic E-state index is -0.196. The minimum Gasteiger partial charge on any atom is -0.458 e. The number of anilines is 15. The summed E-state index contributed by atoms with van der Waals surface area (Å²) in [4.78, 5) is 12.7. The first kappa shape index (κ1) is 60.5. The topological polar surface area (TPSA) is 25.4 Å². The van der Waals surface area contributed by atoms with E-state index in [0.29, 0.717) is 0 Å². The molecule has 4 aliphatic rings. The van der Waals surface area contributed by atoms with Gasteiger partial charge < -0.3 is 29.2 Å². The van der Waals surface area contributed by atoms with Crippen LogP contribution in [0.25, 0.3) is 0 Å². The summed E-state index contributed by atoms with van der Waals surface area (Å²) < 4.78 is 7.94. The Bertz CT molecular complexity index is 4900. The van der Waals surface area contributed by atoms with Gasteiger partial charge in [0.25, 0.3) is 13.4 Å². The van der Waals surface area contributed by atoms with Crippen LogP contribution in [-0.4, -0.2) is 13.4 Å². The first-order valence-corrected chi connectivity index (χ1v) is 34.2. The molecule has 0 N–H and O–H groups in total. The van der Waals surface area contributed by atoms with E-state index in [9.17, 15) is 0 Å². The molecule has 4 heterocycles. The van der Waals surface area contributed by atoms with E-state index in [0.717, 1.165) is 108 Å². The van der Waals surface area contributed by atoms with Crippen LogP contribution in [0.3, 0.4) is 0 Å². The molecule has 12 aromatic rings. The van der Waals surface area contributed by atoms with Gasteiger partial charge in [-0.2, -0.15) is 0 Å². The van der Waals surface area contributed by atoms with Gasteiger partial charge in [0.15, 0.2) is 0 Å². The third-order valence-corrected chi connectivity index (χ3v) is 20.1. The second-order valence-corrected chi connectivity index (χ2v) is 30.6. The molecule has 96 heavy (non-hydrogen) atoms. The van der Waals surface area contributed by atoms with Crippen molar-refractivity contribution in [1.29, 1.82) is 0 Å².